The number of halogens is 3. The van der Waals surface area contributed by atoms with Gasteiger partial charge in [-0.05, 0) is 0 Å². The Morgan fingerprint density at radius 2 is 1.70 bits per heavy atom. The molecule has 0 aromatic rings. The first kappa shape index (κ1) is 9.81. The smallest absolute Gasteiger partial charge is 0.300 e. The molecule has 7 heteroatoms. The molecule has 0 heterocycles. The van der Waals surface area contributed by atoms with Crippen molar-refractivity contribution in [2.24, 2.45) is 16.5 Å². The number of amides is 1. The summed E-state index contributed by atoms with van der Waals surface area (Å²) < 4.78 is -2.08. The number of hydrogen-bond donors (Lipinski definition) is 2. The summed E-state index contributed by atoms with van der Waals surface area (Å²) in [5, 5.41) is 0. The van der Waals surface area contributed by atoms with Gasteiger partial charge in [0.25, 0.3) is 3.79 Å². The Labute approximate surface area is 72.1 Å². The molecular formula is C3H4Cl3N3O. The van der Waals surface area contributed by atoms with Crippen molar-refractivity contribution in [1.29, 1.82) is 0 Å². The summed E-state index contributed by atoms with van der Waals surface area (Å²) in [7, 11) is 0. The van der Waals surface area contributed by atoms with E-state index in [1.54, 1.807) is 0 Å². The fourth-order valence-corrected chi connectivity index (χ4v) is 0.307. The molecule has 0 aromatic carbocycles. The Morgan fingerprint density at radius 1 is 1.30 bits per heavy atom. The van der Waals surface area contributed by atoms with Gasteiger partial charge < -0.3 is 11.5 Å². The standard InChI is InChI=1S/C3H4Cl3N3O/c4-3(5,6)1(10)9-2(7)8/h(H4,7,8,9,10). The van der Waals surface area contributed by atoms with Gasteiger partial charge in [-0.1, -0.05) is 34.8 Å². The minimum absolute atomic E-state index is 0.434. The Bertz CT molecular complexity index is 168. The summed E-state index contributed by atoms with van der Waals surface area (Å²) in [5.74, 6) is -1.44. The predicted octanol–water partition coefficient (Wildman–Crippen LogP) is 0.157. The largest absolute Gasteiger partial charge is 0.370 e. The molecule has 0 radical (unpaired) electrons. The van der Waals surface area contributed by atoms with Crippen LogP contribution in [0.5, 0.6) is 0 Å². The minimum Gasteiger partial charge on any atom is -0.370 e. The lowest BCUT2D eigenvalue weighted by atomic mass is 10.7. The Balaban J connectivity index is 4.27. The Kier molecular flexibility index (Phi) is 3.21. The molecule has 0 unspecified atom stereocenters. The second kappa shape index (κ2) is 3.27. The van der Waals surface area contributed by atoms with Gasteiger partial charge in [-0.2, -0.15) is 4.99 Å². The summed E-state index contributed by atoms with van der Waals surface area (Å²) in [6.45, 7) is 0. The van der Waals surface area contributed by atoms with Crippen LogP contribution >= 0.6 is 34.8 Å². The van der Waals surface area contributed by atoms with Crippen LogP contribution in [0, 0.1) is 0 Å². The molecule has 0 aliphatic carbocycles. The van der Waals surface area contributed by atoms with Gasteiger partial charge in [0.2, 0.25) is 0 Å². The molecule has 4 nitrogen and oxygen atoms in total. The number of hydrogen-bond acceptors (Lipinski definition) is 1. The van der Waals surface area contributed by atoms with Crippen LogP contribution in [-0.4, -0.2) is 15.7 Å². The average molecular weight is 204 g/mol. The van der Waals surface area contributed by atoms with Crippen molar-refractivity contribution in [3.8, 4) is 0 Å². The SMILES string of the molecule is NC(N)=NC(=O)C(Cl)(Cl)Cl. The number of nitrogens with two attached hydrogens (primary N) is 2. The Morgan fingerprint density at radius 3 is 1.80 bits per heavy atom. The van der Waals surface area contributed by atoms with Crippen molar-refractivity contribution in [3.63, 3.8) is 0 Å². The first-order chi connectivity index (χ1) is 4.34. The zero-order chi connectivity index (χ0) is 8.36. The number of nitrogens with zero attached hydrogens (tertiary/aromatic N) is 1. The van der Waals surface area contributed by atoms with Crippen molar-refractivity contribution in [2.45, 2.75) is 3.79 Å². The highest BCUT2D eigenvalue weighted by atomic mass is 35.6. The molecule has 0 spiro atoms. The summed E-state index contributed by atoms with van der Waals surface area (Å²) in [6, 6.07) is 0. The van der Waals surface area contributed by atoms with E-state index in [2.05, 4.69) is 4.99 Å². The van der Waals surface area contributed by atoms with Crippen molar-refractivity contribution >= 4 is 46.7 Å². The van der Waals surface area contributed by atoms with E-state index in [0.717, 1.165) is 0 Å². The van der Waals surface area contributed by atoms with Crippen LogP contribution < -0.4 is 11.5 Å². The Hall–Kier alpha value is -0.190. The van der Waals surface area contributed by atoms with Gasteiger partial charge in [0, 0.05) is 0 Å². The normalized spacial score (nSPS) is 10.7. The van der Waals surface area contributed by atoms with E-state index in [4.69, 9.17) is 46.3 Å². The summed E-state index contributed by atoms with van der Waals surface area (Å²) in [5.41, 5.74) is 9.64. The van der Waals surface area contributed by atoms with Crippen LogP contribution in [0.15, 0.2) is 4.99 Å². The topological polar surface area (TPSA) is 81.5 Å². The third-order valence-electron chi connectivity index (χ3n) is 0.473. The molecule has 58 valence electrons. The zero-order valence-electron chi connectivity index (χ0n) is 4.64. The first-order valence-electron chi connectivity index (χ1n) is 2.05. The monoisotopic (exact) mass is 203 g/mol. The van der Waals surface area contributed by atoms with Crippen LogP contribution in [0.2, 0.25) is 0 Å². The van der Waals surface area contributed by atoms with Gasteiger partial charge in [-0.25, -0.2) is 0 Å². The van der Waals surface area contributed by atoms with Crippen molar-refractivity contribution in [2.75, 3.05) is 0 Å². The van der Waals surface area contributed by atoms with Crippen LogP contribution in [0.3, 0.4) is 0 Å². The summed E-state index contributed by atoms with van der Waals surface area (Å²) >= 11 is 15.3. The average Bonchev–Trinajstić information content (AvgIpc) is 1.60. The highest BCUT2D eigenvalue weighted by molar-refractivity contribution is 6.76. The maximum Gasteiger partial charge on any atom is 0.300 e. The molecule has 0 saturated heterocycles. The lowest BCUT2D eigenvalue weighted by molar-refractivity contribution is -0.116. The highest BCUT2D eigenvalue weighted by Crippen LogP contribution is 2.27. The molecule has 0 aliphatic rings. The van der Waals surface area contributed by atoms with Crippen molar-refractivity contribution < 1.29 is 4.79 Å². The molecule has 0 bridgehead atoms. The molecule has 0 saturated carbocycles. The van der Waals surface area contributed by atoms with E-state index in [9.17, 15) is 4.79 Å². The third kappa shape index (κ3) is 3.76. The van der Waals surface area contributed by atoms with E-state index in [0.29, 0.717) is 0 Å². The van der Waals surface area contributed by atoms with Gasteiger partial charge in [-0.3, -0.25) is 4.79 Å². The quantitative estimate of drug-likeness (QED) is 0.335. The summed E-state index contributed by atoms with van der Waals surface area (Å²) in [6.07, 6.45) is 0. The van der Waals surface area contributed by atoms with E-state index < -0.39 is 15.7 Å². The lowest BCUT2D eigenvalue weighted by Crippen LogP contribution is -2.27. The van der Waals surface area contributed by atoms with E-state index in [1.165, 1.54) is 0 Å². The second-order valence-corrected chi connectivity index (χ2v) is 3.62. The second-order valence-electron chi connectivity index (χ2n) is 1.34. The molecule has 1 amide bonds. The van der Waals surface area contributed by atoms with Crippen LogP contribution in [0.4, 0.5) is 0 Å². The van der Waals surface area contributed by atoms with Crippen LogP contribution in [0.25, 0.3) is 0 Å². The van der Waals surface area contributed by atoms with Crippen molar-refractivity contribution in [1.82, 2.24) is 0 Å². The minimum atomic E-state index is -2.08. The van der Waals surface area contributed by atoms with Gasteiger partial charge in [0.1, 0.15) is 0 Å². The molecule has 0 rings (SSSR count). The molecule has 0 fully saturated rings. The van der Waals surface area contributed by atoms with Gasteiger partial charge in [0.05, 0.1) is 0 Å². The molecule has 0 aromatic heterocycles. The number of aliphatic imine (C=N–C) groups is 1. The van der Waals surface area contributed by atoms with E-state index in [-0.39, 0.29) is 0 Å². The van der Waals surface area contributed by atoms with Gasteiger partial charge in [0.15, 0.2) is 5.96 Å². The molecule has 10 heavy (non-hydrogen) atoms. The van der Waals surface area contributed by atoms with Crippen molar-refractivity contribution in [3.05, 3.63) is 0 Å². The zero-order valence-corrected chi connectivity index (χ0v) is 6.91. The van der Waals surface area contributed by atoms with Crippen LogP contribution in [-0.2, 0) is 4.79 Å². The number of alkyl halides is 3. The molecule has 0 atom stereocenters. The number of carbonyl (C=O) groups is 1. The molecular weight excluding hydrogens is 200 g/mol. The van der Waals surface area contributed by atoms with Gasteiger partial charge >= 0.3 is 5.91 Å². The summed E-state index contributed by atoms with van der Waals surface area (Å²) in [4.78, 5) is 13.5. The number of guanidine groups is 1. The highest BCUT2D eigenvalue weighted by Gasteiger charge is 2.30. The van der Waals surface area contributed by atoms with E-state index in [1.807, 2.05) is 0 Å². The van der Waals surface area contributed by atoms with Crippen LogP contribution in [0.1, 0.15) is 0 Å². The maximum atomic E-state index is 10.5. The fraction of sp³-hybridized carbons (Fsp3) is 0.333. The number of rotatable bonds is 0. The number of carbonyl (C=O) groups excluding carboxylic acids is 1. The predicted molar refractivity (Wildman–Crippen MR) is 41.1 cm³/mol. The molecule has 0 aliphatic heterocycles. The first-order valence-corrected chi connectivity index (χ1v) is 3.18. The third-order valence-corrected chi connectivity index (χ3v) is 0.958. The fourth-order valence-electron chi connectivity index (χ4n) is 0.181. The molecule has 4 N–H and O–H groups in total. The van der Waals surface area contributed by atoms with E-state index >= 15 is 0 Å². The maximum absolute atomic E-state index is 10.5. The lowest BCUT2D eigenvalue weighted by Gasteiger charge is -2.03. The van der Waals surface area contributed by atoms with Gasteiger partial charge in [-0.15, -0.1) is 0 Å².